The van der Waals surface area contributed by atoms with Crippen molar-refractivity contribution in [2.24, 2.45) is 5.73 Å². The second-order valence-corrected chi connectivity index (χ2v) is 5.37. The molecular formula is C14H20F2N2O. The summed E-state index contributed by atoms with van der Waals surface area (Å²) >= 11 is 0. The van der Waals surface area contributed by atoms with Gasteiger partial charge >= 0.3 is 0 Å². The summed E-state index contributed by atoms with van der Waals surface area (Å²) in [5.41, 5.74) is 5.57. The van der Waals surface area contributed by atoms with E-state index in [-0.39, 0.29) is 5.56 Å². The van der Waals surface area contributed by atoms with Crippen molar-refractivity contribution in [3.8, 4) is 0 Å². The molecule has 1 aliphatic heterocycles. The van der Waals surface area contributed by atoms with E-state index in [1.54, 1.807) is 0 Å². The first-order valence-electron chi connectivity index (χ1n) is 6.47. The van der Waals surface area contributed by atoms with Gasteiger partial charge in [-0.15, -0.1) is 0 Å². The normalized spacial score (nSPS) is 19.4. The molecule has 0 spiro atoms. The SMILES string of the molecule is CC(C)(C(N)c1c(F)cccc1F)N1CCOCC1. The van der Waals surface area contributed by atoms with E-state index < -0.39 is 23.2 Å². The summed E-state index contributed by atoms with van der Waals surface area (Å²) in [5.74, 6) is -1.18. The van der Waals surface area contributed by atoms with Gasteiger partial charge in [0, 0.05) is 24.2 Å². The summed E-state index contributed by atoms with van der Waals surface area (Å²) in [4.78, 5) is 2.12. The zero-order valence-electron chi connectivity index (χ0n) is 11.3. The van der Waals surface area contributed by atoms with Crippen molar-refractivity contribution in [2.75, 3.05) is 26.3 Å². The van der Waals surface area contributed by atoms with Gasteiger partial charge in [-0.05, 0) is 26.0 Å². The van der Waals surface area contributed by atoms with Gasteiger partial charge < -0.3 is 10.5 Å². The van der Waals surface area contributed by atoms with E-state index >= 15 is 0 Å². The molecule has 1 atom stereocenters. The highest BCUT2D eigenvalue weighted by molar-refractivity contribution is 5.26. The second-order valence-electron chi connectivity index (χ2n) is 5.37. The number of morpholine rings is 1. The van der Waals surface area contributed by atoms with Gasteiger partial charge in [0.15, 0.2) is 0 Å². The lowest BCUT2D eigenvalue weighted by molar-refractivity contribution is -0.0197. The van der Waals surface area contributed by atoms with E-state index in [1.807, 2.05) is 13.8 Å². The van der Waals surface area contributed by atoms with E-state index in [9.17, 15) is 8.78 Å². The average molecular weight is 270 g/mol. The summed E-state index contributed by atoms with van der Waals surface area (Å²) in [7, 11) is 0. The lowest BCUT2D eigenvalue weighted by Crippen LogP contribution is -2.55. The zero-order valence-corrected chi connectivity index (χ0v) is 11.3. The number of nitrogens with two attached hydrogens (primary N) is 1. The molecule has 0 amide bonds. The van der Waals surface area contributed by atoms with Gasteiger partial charge in [-0.2, -0.15) is 0 Å². The minimum Gasteiger partial charge on any atom is -0.379 e. The van der Waals surface area contributed by atoms with Crippen molar-refractivity contribution in [3.05, 3.63) is 35.4 Å². The maximum Gasteiger partial charge on any atom is 0.130 e. The maximum absolute atomic E-state index is 13.8. The fourth-order valence-electron chi connectivity index (χ4n) is 2.50. The van der Waals surface area contributed by atoms with Crippen LogP contribution in [0.5, 0.6) is 0 Å². The van der Waals surface area contributed by atoms with Crippen molar-refractivity contribution >= 4 is 0 Å². The first kappa shape index (κ1) is 14.4. The molecule has 1 saturated heterocycles. The third-order valence-corrected chi connectivity index (χ3v) is 3.90. The van der Waals surface area contributed by atoms with Gasteiger partial charge in [0.2, 0.25) is 0 Å². The zero-order chi connectivity index (χ0) is 14.0. The van der Waals surface area contributed by atoms with Gasteiger partial charge in [-0.1, -0.05) is 6.07 Å². The largest absolute Gasteiger partial charge is 0.379 e. The van der Waals surface area contributed by atoms with Crippen molar-refractivity contribution < 1.29 is 13.5 Å². The Morgan fingerprint density at radius 2 is 1.74 bits per heavy atom. The Labute approximate surface area is 112 Å². The van der Waals surface area contributed by atoms with Crippen molar-refractivity contribution in [2.45, 2.75) is 25.4 Å². The summed E-state index contributed by atoms with van der Waals surface area (Å²) in [6.45, 7) is 6.50. The van der Waals surface area contributed by atoms with E-state index in [0.717, 1.165) is 13.1 Å². The van der Waals surface area contributed by atoms with Crippen LogP contribution in [-0.4, -0.2) is 36.7 Å². The number of rotatable bonds is 3. The average Bonchev–Trinajstić information content (AvgIpc) is 2.39. The molecular weight excluding hydrogens is 250 g/mol. The topological polar surface area (TPSA) is 38.5 Å². The molecule has 0 aromatic heterocycles. The lowest BCUT2D eigenvalue weighted by atomic mass is 9.86. The number of benzene rings is 1. The smallest absolute Gasteiger partial charge is 0.130 e. The predicted molar refractivity (Wildman–Crippen MR) is 69.8 cm³/mol. The molecule has 5 heteroatoms. The van der Waals surface area contributed by atoms with Crippen LogP contribution in [0.4, 0.5) is 8.78 Å². The third kappa shape index (κ3) is 2.78. The van der Waals surface area contributed by atoms with Gasteiger partial charge in [0.25, 0.3) is 0 Å². The van der Waals surface area contributed by atoms with Crippen LogP contribution < -0.4 is 5.73 Å². The number of nitrogens with zero attached hydrogens (tertiary/aromatic N) is 1. The van der Waals surface area contributed by atoms with Crippen LogP contribution in [0.3, 0.4) is 0 Å². The van der Waals surface area contributed by atoms with E-state index in [4.69, 9.17) is 10.5 Å². The Hall–Kier alpha value is -1.04. The molecule has 0 saturated carbocycles. The Kier molecular flexibility index (Phi) is 4.18. The molecule has 19 heavy (non-hydrogen) atoms. The van der Waals surface area contributed by atoms with Crippen LogP contribution in [0.1, 0.15) is 25.5 Å². The van der Waals surface area contributed by atoms with E-state index in [1.165, 1.54) is 18.2 Å². The molecule has 1 aliphatic rings. The van der Waals surface area contributed by atoms with Crippen LogP contribution in [0.25, 0.3) is 0 Å². The molecule has 2 rings (SSSR count). The number of hydrogen-bond acceptors (Lipinski definition) is 3. The molecule has 0 bridgehead atoms. The molecule has 1 unspecified atom stereocenters. The Balaban J connectivity index is 2.28. The third-order valence-electron chi connectivity index (χ3n) is 3.90. The van der Waals surface area contributed by atoms with Crippen LogP contribution in [0.15, 0.2) is 18.2 Å². The standard InChI is InChI=1S/C14H20F2N2O/c1-14(2,18-6-8-19-9-7-18)13(17)12-10(15)4-3-5-11(12)16/h3-5,13H,6-9,17H2,1-2H3. The quantitative estimate of drug-likeness (QED) is 0.914. The molecule has 2 N–H and O–H groups in total. The molecule has 1 aromatic rings. The first-order chi connectivity index (χ1) is 8.94. The fraction of sp³-hybridized carbons (Fsp3) is 0.571. The van der Waals surface area contributed by atoms with Gasteiger partial charge in [-0.25, -0.2) is 8.78 Å². The van der Waals surface area contributed by atoms with Crippen molar-refractivity contribution in [1.29, 1.82) is 0 Å². The number of ether oxygens (including phenoxy) is 1. The molecule has 0 radical (unpaired) electrons. The maximum atomic E-state index is 13.8. The van der Waals surface area contributed by atoms with E-state index in [0.29, 0.717) is 13.2 Å². The Morgan fingerprint density at radius 3 is 2.26 bits per heavy atom. The molecule has 106 valence electrons. The van der Waals surface area contributed by atoms with Crippen LogP contribution >= 0.6 is 0 Å². The minimum atomic E-state index is -0.730. The predicted octanol–water partition coefficient (Wildman–Crippen LogP) is 2.08. The summed E-state index contributed by atoms with van der Waals surface area (Å²) in [5, 5.41) is 0. The minimum absolute atomic E-state index is 0.0426. The van der Waals surface area contributed by atoms with Crippen molar-refractivity contribution in [1.82, 2.24) is 4.90 Å². The van der Waals surface area contributed by atoms with Gasteiger partial charge in [0.05, 0.1) is 19.3 Å². The van der Waals surface area contributed by atoms with Crippen LogP contribution in [-0.2, 0) is 4.74 Å². The fourth-order valence-corrected chi connectivity index (χ4v) is 2.50. The second kappa shape index (κ2) is 5.53. The molecule has 1 fully saturated rings. The Bertz CT molecular complexity index is 425. The molecule has 3 nitrogen and oxygen atoms in total. The molecule has 1 aromatic carbocycles. The molecule has 0 aliphatic carbocycles. The summed E-state index contributed by atoms with van der Waals surface area (Å²) in [6, 6.07) is 3.11. The summed E-state index contributed by atoms with van der Waals surface area (Å²) in [6.07, 6.45) is 0. The number of hydrogen-bond donors (Lipinski definition) is 1. The monoisotopic (exact) mass is 270 g/mol. The highest BCUT2D eigenvalue weighted by Gasteiger charge is 2.37. The first-order valence-corrected chi connectivity index (χ1v) is 6.47. The Morgan fingerprint density at radius 1 is 1.21 bits per heavy atom. The highest BCUT2D eigenvalue weighted by Crippen LogP contribution is 2.32. The molecule has 1 heterocycles. The highest BCUT2D eigenvalue weighted by atomic mass is 19.1. The number of halogens is 2. The van der Waals surface area contributed by atoms with Crippen LogP contribution in [0.2, 0.25) is 0 Å². The van der Waals surface area contributed by atoms with Gasteiger partial charge in [-0.3, -0.25) is 4.90 Å². The van der Waals surface area contributed by atoms with Crippen molar-refractivity contribution in [3.63, 3.8) is 0 Å². The van der Waals surface area contributed by atoms with E-state index in [2.05, 4.69) is 4.90 Å². The van der Waals surface area contributed by atoms with Crippen LogP contribution in [0, 0.1) is 11.6 Å². The summed E-state index contributed by atoms with van der Waals surface area (Å²) < 4.78 is 33.0. The lowest BCUT2D eigenvalue weighted by Gasteiger charge is -2.44. The van der Waals surface area contributed by atoms with Gasteiger partial charge in [0.1, 0.15) is 11.6 Å².